The van der Waals surface area contributed by atoms with Crippen molar-refractivity contribution < 1.29 is 4.39 Å². The Hall–Kier alpha value is -2.07. The summed E-state index contributed by atoms with van der Waals surface area (Å²) in [6, 6.07) is 12.5. The van der Waals surface area contributed by atoms with Gasteiger partial charge >= 0.3 is 0 Å². The highest BCUT2D eigenvalue weighted by Crippen LogP contribution is 2.35. The largest absolute Gasteiger partial charge is 0.369 e. The van der Waals surface area contributed by atoms with Crippen molar-refractivity contribution in [3.8, 4) is 0 Å². The maximum absolute atomic E-state index is 13.5. The molecule has 1 aliphatic heterocycles. The molecule has 1 atom stereocenters. The lowest BCUT2D eigenvalue weighted by Crippen LogP contribution is -2.36. The third-order valence-electron chi connectivity index (χ3n) is 3.66. The first-order valence-electron chi connectivity index (χ1n) is 6.67. The normalized spacial score (nSPS) is 18.0. The lowest BCUT2D eigenvalue weighted by molar-refractivity contribution is 0.616. The number of nitrogens with two attached hydrogens (primary N) is 1. The fourth-order valence-corrected chi connectivity index (χ4v) is 2.79. The van der Waals surface area contributed by atoms with E-state index in [1.54, 1.807) is 13.0 Å². The monoisotopic (exact) mass is 303 g/mol. The van der Waals surface area contributed by atoms with Gasteiger partial charge in [0.2, 0.25) is 0 Å². The second-order valence-electron chi connectivity index (χ2n) is 5.04. The molecule has 0 radical (unpaired) electrons. The first-order valence-corrected chi connectivity index (χ1v) is 7.05. The minimum absolute atomic E-state index is 0.0656. The summed E-state index contributed by atoms with van der Waals surface area (Å²) in [7, 11) is 0. The molecule has 3 rings (SSSR count). The number of aryl methyl sites for hydroxylation is 1. The molecule has 1 heterocycles. The summed E-state index contributed by atoms with van der Waals surface area (Å²) in [6.45, 7) is 2.28. The van der Waals surface area contributed by atoms with Crippen LogP contribution in [0.2, 0.25) is 5.02 Å². The lowest BCUT2D eigenvalue weighted by atomic mass is 10.0. The first kappa shape index (κ1) is 13.9. The van der Waals surface area contributed by atoms with Crippen LogP contribution in [-0.4, -0.2) is 12.5 Å². The molecule has 0 saturated carbocycles. The van der Waals surface area contributed by atoms with Crippen molar-refractivity contribution in [1.29, 1.82) is 0 Å². The van der Waals surface area contributed by atoms with Crippen molar-refractivity contribution in [3.05, 3.63) is 64.4 Å². The predicted molar refractivity (Wildman–Crippen MR) is 84.3 cm³/mol. The smallest absolute Gasteiger partial charge is 0.196 e. The standard InChI is InChI=1S/C16H15ClFN3/c1-10-8-11(6-7-13(10)18)15-9-20-16(19)21(15)14-5-3-2-4-12(14)17/h2-8,15H,9H2,1H3,(H2,19,20). The molecule has 2 aromatic rings. The number of anilines is 1. The van der Waals surface area contributed by atoms with Gasteiger partial charge in [0.15, 0.2) is 5.96 Å². The molecule has 3 nitrogen and oxygen atoms in total. The van der Waals surface area contributed by atoms with Crippen LogP contribution in [-0.2, 0) is 0 Å². The van der Waals surface area contributed by atoms with Gasteiger partial charge < -0.3 is 10.6 Å². The van der Waals surface area contributed by atoms with Gasteiger partial charge in [-0.05, 0) is 36.2 Å². The van der Waals surface area contributed by atoms with Crippen LogP contribution in [0.1, 0.15) is 17.2 Å². The van der Waals surface area contributed by atoms with Crippen LogP contribution in [0.25, 0.3) is 0 Å². The highest BCUT2D eigenvalue weighted by atomic mass is 35.5. The molecule has 108 valence electrons. The van der Waals surface area contributed by atoms with Gasteiger partial charge in [-0.25, -0.2) is 4.39 Å². The molecule has 0 fully saturated rings. The molecule has 5 heteroatoms. The molecule has 0 amide bonds. The van der Waals surface area contributed by atoms with Crippen LogP contribution in [0, 0.1) is 12.7 Å². The number of para-hydroxylation sites is 1. The van der Waals surface area contributed by atoms with Crippen LogP contribution >= 0.6 is 11.6 Å². The number of guanidine groups is 1. The summed E-state index contributed by atoms with van der Waals surface area (Å²) in [5.74, 6) is 0.213. The van der Waals surface area contributed by atoms with Crippen LogP contribution < -0.4 is 10.6 Å². The highest BCUT2D eigenvalue weighted by Gasteiger charge is 2.30. The maximum atomic E-state index is 13.5. The average Bonchev–Trinajstić information content (AvgIpc) is 2.84. The summed E-state index contributed by atoms with van der Waals surface area (Å²) < 4.78 is 13.5. The summed E-state index contributed by atoms with van der Waals surface area (Å²) in [5.41, 5.74) is 8.41. The SMILES string of the molecule is Cc1cc(C2CN=C(N)N2c2ccccc2Cl)ccc1F. The van der Waals surface area contributed by atoms with E-state index >= 15 is 0 Å². The van der Waals surface area contributed by atoms with Crippen LogP contribution in [0.15, 0.2) is 47.5 Å². The van der Waals surface area contributed by atoms with E-state index in [4.69, 9.17) is 17.3 Å². The second-order valence-corrected chi connectivity index (χ2v) is 5.45. The third-order valence-corrected chi connectivity index (χ3v) is 3.98. The Balaban J connectivity index is 2.03. The fourth-order valence-electron chi connectivity index (χ4n) is 2.57. The van der Waals surface area contributed by atoms with E-state index in [1.165, 1.54) is 6.07 Å². The summed E-state index contributed by atoms with van der Waals surface area (Å²) in [4.78, 5) is 6.21. The number of aliphatic imine (C=N–C) groups is 1. The molecule has 21 heavy (non-hydrogen) atoms. The van der Waals surface area contributed by atoms with Gasteiger partial charge in [0.05, 0.1) is 23.3 Å². The van der Waals surface area contributed by atoms with E-state index in [1.807, 2.05) is 35.2 Å². The van der Waals surface area contributed by atoms with Crippen molar-refractivity contribution in [1.82, 2.24) is 0 Å². The van der Waals surface area contributed by atoms with Crippen molar-refractivity contribution in [2.24, 2.45) is 10.7 Å². The number of hydrogen-bond donors (Lipinski definition) is 1. The Bertz CT molecular complexity index is 714. The Morgan fingerprint density at radius 1 is 1.29 bits per heavy atom. The van der Waals surface area contributed by atoms with Gasteiger partial charge in [-0.1, -0.05) is 35.9 Å². The van der Waals surface area contributed by atoms with Crippen LogP contribution in [0.4, 0.5) is 10.1 Å². The van der Waals surface area contributed by atoms with Crippen molar-refractivity contribution in [2.75, 3.05) is 11.4 Å². The molecule has 0 aliphatic carbocycles. The molecule has 0 spiro atoms. The third kappa shape index (κ3) is 2.47. The molecule has 0 saturated heterocycles. The van der Waals surface area contributed by atoms with Crippen LogP contribution in [0.5, 0.6) is 0 Å². The molecule has 1 aliphatic rings. The number of benzene rings is 2. The highest BCUT2D eigenvalue weighted by molar-refractivity contribution is 6.33. The van der Waals surface area contributed by atoms with Gasteiger partial charge in [-0.2, -0.15) is 0 Å². The summed E-state index contributed by atoms with van der Waals surface area (Å²) >= 11 is 6.27. The zero-order chi connectivity index (χ0) is 15.0. The Kier molecular flexibility index (Phi) is 3.55. The molecule has 2 N–H and O–H groups in total. The first-order chi connectivity index (χ1) is 10.1. The average molecular weight is 304 g/mol. The molecule has 0 bridgehead atoms. The van der Waals surface area contributed by atoms with E-state index in [9.17, 15) is 4.39 Å². The number of rotatable bonds is 2. The Labute approximate surface area is 127 Å². The molecule has 1 unspecified atom stereocenters. The number of nitrogens with zero attached hydrogens (tertiary/aromatic N) is 2. The van der Waals surface area contributed by atoms with E-state index in [0.29, 0.717) is 23.1 Å². The lowest BCUT2D eigenvalue weighted by Gasteiger charge is -2.27. The molecular weight excluding hydrogens is 289 g/mol. The van der Waals surface area contributed by atoms with Gasteiger partial charge in [0, 0.05) is 0 Å². The molecule has 2 aromatic carbocycles. The zero-order valence-corrected chi connectivity index (χ0v) is 12.3. The summed E-state index contributed by atoms with van der Waals surface area (Å²) in [6.07, 6.45) is 0. The number of hydrogen-bond acceptors (Lipinski definition) is 3. The minimum Gasteiger partial charge on any atom is -0.369 e. The Morgan fingerprint density at radius 2 is 2.05 bits per heavy atom. The van der Waals surface area contributed by atoms with Gasteiger partial charge in [-0.15, -0.1) is 0 Å². The van der Waals surface area contributed by atoms with Gasteiger partial charge in [0.1, 0.15) is 5.82 Å². The van der Waals surface area contributed by atoms with Crippen molar-refractivity contribution in [2.45, 2.75) is 13.0 Å². The fraction of sp³-hybridized carbons (Fsp3) is 0.188. The van der Waals surface area contributed by atoms with E-state index < -0.39 is 0 Å². The van der Waals surface area contributed by atoms with E-state index in [0.717, 1.165) is 11.3 Å². The second kappa shape index (κ2) is 5.37. The van der Waals surface area contributed by atoms with E-state index in [-0.39, 0.29) is 11.9 Å². The quantitative estimate of drug-likeness (QED) is 0.920. The topological polar surface area (TPSA) is 41.6 Å². The predicted octanol–water partition coefficient (Wildman–Crippen LogP) is 3.66. The molecular formula is C16H15ClFN3. The summed E-state index contributed by atoms with van der Waals surface area (Å²) in [5, 5.41) is 0.612. The van der Waals surface area contributed by atoms with Crippen molar-refractivity contribution in [3.63, 3.8) is 0 Å². The minimum atomic E-state index is -0.213. The molecule has 0 aromatic heterocycles. The van der Waals surface area contributed by atoms with Crippen LogP contribution in [0.3, 0.4) is 0 Å². The zero-order valence-electron chi connectivity index (χ0n) is 11.6. The maximum Gasteiger partial charge on any atom is 0.196 e. The van der Waals surface area contributed by atoms with Gasteiger partial charge in [-0.3, -0.25) is 4.99 Å². The Morgan fingerprint density at radius 3 is 2.76 bits per heavy atom. The number of halogens is 2. The van der Waals surface area contributed by atoms with Gasteiger partial charge in [0.25, 0.3) is 0 Å². The van der Waals surface area contributed by atoms with E-state index in [2.05, 4.69) is 4.99 Å². The van der Waals surface area contributed by atoms with Crippen molar-refractivity contribution >= 4 is 23.2 Å².